The molecule has 0 aliphatic carbocycles. The third-order valence-electron chi connectivity index (χ3n) is 5.23. The number of hydrogen-bond acceptors (Lipinski definition) is 4. The number of Topliss-reactive ketones (excluding diaryl/α,β-unsaturated/α-hetero) is 1. The van der Waals surface area contributed by atoms with Crippen molar-refractivity contribution >= 4 is 29.3 Å². The molecule has 0 radical (unpaired) electrons. The standard InChI is InChI=1S/C23H25N3O4/c1-4-7-16-10-12-17(13-11-16)23(3)21(29)26(22(30)25-23)14-20(28)24-19-9-6-5-8-18(19)15(2)27/h5-6,8-13H,4,7,14H2,1-3H3,(H,24,28)(H,25,30)/t23-/m1/s1. The molecule has 156 valence electrons. The summed E-state index contributed by atoms with van der Waals surface area (Å²) in [4.78, 5) is 50.6. The summed E-state index contributed by atoms with van der Waals surface area (Å²) in [6, 6.07) is 13.5. The van der Waals surface area contributed by atoms with Crippen molar-refractivity contribution in [2.24, 2.45) is 0 Å². The van der Waals surface area contributed by atoms with Crippen molar-refractivity contribution in [3.05, 3.63) is 65.2 Å². The van der Waals surface area contributed by atoms with Gasteiger partial charge in [0.2, 0.25) is 5.91 Å². The maximum absolute atomic E-state index is 13.0. The fourth-order valence-corrected chi connectivity index (χ4v) is 3.56. The highest BCUT2D eigenvalue weighted by Gasteiger charge is 2.49. The molecule has 4 amide bonds. The summed E-state index contributed by atoms with van der Waals surface area (Å²) in [5, 5.41) is 5.31. The van der Waals surface area contributed by atoms with Gasteiger partial charge < -0.3 is 10.6 Å². The average Bonchev–Trinajstić information content (AvgIpc) is 2.93. The second-order valence-electron chi connectivity index (χ2n) is 7.54. The number of carbonyl (C=O) groups is 4. The number of para-hydroxylation sites is 1. The summed E-state index contributed by atoms with van der Waals surface area (Å²) in [6.07, 6.45) is 1.95. The molecule has 0 bridgehead atoms. The number of nitrogens with one attached hydrogen (secondary N) is 2. The van der Waals surface area contributed by atoms with Crippen molar-refractivity contribution in [2.45, 2.75) is 39.2 Å². The SMILES string of the molecule is CCCc1ccc([C@@]2(C)NC(=O)N(CC(=O)Nc3ccccc3C(C)=O)C2=O)cc1. The van der Waals surface area contributed by atoms with Crippen molar-refractivity contribution < 1.29 is 19.2 Å². The van der Waals surface area contributed by atoms with Gasteiger partial charge in [-0.1, -0.05) is 49.7 Å². The van der Waals surface area contributed by atoms with Crippen LogP contribution in [0.5, 0.6) is 0 Å². The van der Waals surface area contributed by atoms with E-state index < -0.39 is 29.9 Å². The van der Waals surface area contributed by atoms with Gasteiger partial charge in [-0.05, 0) is 43.5 Å². The Balaban J connectivity index is 1.75. The van der Waals surface area contributed by atoms with Gasteiger partial charge >= 0.3 is 6.03 Å². The second kappa shape index (κ2) is 8.49. The van der Waals surface area contributed by atoms with Crippen molar-refractivity contribution in [1.82, 2.24) is 10.2 Å². The monoisotopic (exact) mass is 407 g/mol. The molecule has 1 aliphatic heterocycles. The molecule has 7 nitrogen and oxygen atoms in total. The maximum atomic E-state index is 13.0. The van der Waals surface area contributed by atoms with Crippen LogP contribution in [0, 0.1) is 0 Å². The summed E-state index contributed by atoms with van der Waals surface area (Å²) in [6.45, 7) is 4.68. The summed E-state index contributed by atoms with van der Waals surface area (Å²) >= 11 is 0. The molecule has 1 aliphatic rings. The van der Waals surface area contributed by atoms with Crippen molar-refractivity contribution in [3.63, 3.8) is 0 Å². The molecular weight excluding hydrogens is 382 g/mol. The number of nitrogens with zero attached hydrogens (tertiary/aromatic N) is 1. The number of carbonyl (C=O) groups excluding carboxylic acids is 4. The second-order valence-corrected chi connectivity index (χ2v) is 7.54. The number of hydrogen-bond donors (Lipinski definition) is 2. The zero-order valence-corrected chi connectivity index (χ0v) is 17.3. The zero-order valence-electron chi connectivity index (χ0n) is 17.3. The normalized spacial score (nSPS) is 18.3. The Morgan fingerprint density at radius 2 is 1.73 bits per heavy atom. The van der Waals surface area contributed by atoms with Crippen LogP contribution < -0.4 is 10.6 Å². The predicted molar refractivity (Wildman–Crippen MR) is 113 cm³/mol. The largest absolute Gasteiger partial charge is 0.325 e. The smallest absolute Gasteiger partial charge is 0.324 e. The maximum Gasteiger partial charge on any atom is 0.325 e. The van der Waals surface area contributed by atoms with Gasteiger partial charge in [0, 0.05) is 5.56 Å². The summed E-state index contributed by atoms with van der Waals surface area (Å²) in [7, 11) is 0. The van der Waals surface area contributed by atoms with E-state index in [1.165, 1.54) is 6.92 Å². The van der Waals surface area contributed by atoms with Crippen LogP contribution in [-0.2, 0) is 21.5 Å². The fraction of sp³-hybridized carbons (Fsp3) is 0.304. The third kappa shape index (κ3) is 4.10. The Kier molecular flexibility index (Phi) is 6.01. The molecule has 0 unspecified atom stereocenters. The number of anilines is 1. The van der Waals surface area contributed by atoms with E-state index >= 15 is 0 Å². The number of benzene rings is 2. The Bertz CT molecular complexity index is 1000. The van der Waals surface area contributed by atoms with Crippen LogP contribution in [0.15, 0.2) is 48.5 Å². The van der Waals surface area contributed by atoms with Gasteiger partial charge in [0.05, 0.1) is 5.69 Å². The topological polar surface area (TPSA) is 95.6 Å². The molecule has 1 fully saturated rings. The quantitative estimate of drug-likeness (QED) is 0.544. The highest BCUT2D eigenvalue weighted by atomic mass is 16.2. The molecule has 3 rings (SSSR count). The molecule has 7 heteroatoms. The van der Waals surface area contributed by atoms with Gasteiger partial charge in [-0.2, -0.15) is 0 Å². The first-order valence-electron chi connectivity index (χ1n) is 9.89. The number of amides is 4. The van der Waals surface area contributed by atoms with Crippen LogP contribution in [0.3, 0.4) is 0 Å². The molecule has 0 spiro atoms. The zero-order chi connectivity index (χ0) is 21.9. The summed E-state index contributed by atoms with van der Waals surface area (Å²) < 4.78 is 0. The van der Waals surface area contributed by atoms with E-state index in [1.54, 1.807) is 31.2 Å². The van der Waals surface area contributed by atoms with Gasteiger partial charge in [0.25, 0.3) is 5.91 Å². The fourth-order valence-electron chi connectivity index (χ4n) is 3.56. The molecule has 30 heavy (non-hydrogen) atoms. The number of rotatable bonds is 7. The van der Waals surface area contributed by atoms with Gasteiger partial charge in [-0.3, -0.25) is 19.3 Å². The number of aryl methyl sites for hydroxylation is 1. The molecule has 1 saturated heterocycles. The van der Waals surface area contributed by atoms with Crippen LogP contribution >= 0.6 is 0 Å². The first-order valence-corrected chi connectivity index (χ1v) is 9.89. The minimum atomic E-state index is -1.24. The van der Waals surface area contributed by atoms with E-state index in [4.69, 9.17) is 0 Å². The summed E-state index contributed by atoms with van der Waals surface area (Å²) in [5.74, 6) is -1.25. The minimum Gasteiger partial charge on any atom is -0.324 e. The Morgan fingerprint density at radius 3 is 2.37 bits per heavy atom. The molecule has 2 aromatic rings. The lowest BCUT2D eigenvalue weighted by molar-refractivity contribution is -0.133. The van der Waals surface area contributed by atoms with E-state index in [1.807, 2.05) is 24.3 Å². The first kappa shape index (κ1) is 21.2. The predicted octanol–water partition coefficient (Wildman–Crippen LogP) is 3.25. The first-order chi connectivity index (χ1) is 14.3. The molecule has 1 heterocycles. The van der Waals surface area contributed by atoms with Gasteiger partial charge in [0.15, 0.2) is 5.78 Å². The third-order valence-corrected chi connectivity index (χ3v) is 5.23. The van der Waals surface area contributed by atoms with Crippen LogP contribution in [0.2, 0.25) is 0 Å². The van der Waals surface area contributed by atoms with Gasteiger partial charge in [-0.25, -0.2) is 4.79 Å². The van der Waals surface area contributed by atoms with Crippen molar-refractivity contribution in [1.29, 1.82) is 0 Å². The van der Waals surface area contributed by atoms with Gasteiger partial charge in [0.1, 0.15) is 12.1 Å². The van der Waals surface area contributed by atoms with E-state index in [-0.39, 0.29) is 5.78 Å². The Hall–Kier alpha value is -3.48. The van der Waals surface area contributed by atoms with E-state index in [9.17, 15) is 19.2 Å². The number of ketones is 1. The molecule has 2 N–H and O–H groups in total. The Labute approximate surface area is 175 Å². The van der Waals surface area contributed by atoms with Gasteiger partial charge in [-0.15, -0.1) is 0 Å². The average molecular weight is 407 g/mol. The minimum absolute atomic E-state index is 0.194. The number of imide groups is 1. The van der Waals surface area contributed by atoms with Crippen LogP contribution in [0.4, 0.5) is 10.5 Å². The molecule has 0 saturated carbocycles. The molecule has 2 aromatic carbocycles. The number of urea groups is 1. The molecule has 1 atom stereocenters. The van der Waals surface area contributed by atoms with Crippen LogP contribution in [0.1, 0.15) is 48.7 Å². The molecular formula is C23H25N3O4. The van der Waals surface area contributed by atoms with E-state index in [2.05, 4.69) is 17.6 Å². The lowest BCUT2D eigenvalue weighted by Crippen LogP contribution is -2.42. The lowest BCUT2D eigenvalue weighted by atomic mass is 9.91. The van der Waals surface area contributed by atoms with Crippen molar-refractivity contribution in [3.8, 4) is 0 Å². The highest BCUT2D eigenvalue weighted by Crippen LogP contribution is 2.29. The van der Waals surface area contributed by atoms with E-state index in [0.29, 0.717) is 16.8 Å². The van der Waals surface area contributed by atoms with E-state index in [0.717, 1.165) is 23.3 Å². The summed E-state index contributed by atoms with van der Waals surface area (Å²) in [5.41, 5.74) is 1.28. The van der Waals surface area contributed by atoms with Crippen LogP contribution in [-0.4, -0.2) is 35.1 Å². The van der Waals surface area contributed by atoms with Crippen molar-refractivity contribution in [2.75, 3.05) is 11.9 Å². The highest BCUT2D eigenvalue weighted by molar-refractivity contribution is 6.11. The van der Waals surface area contributed by atoms with Crippen LogP contribution in [0.25, 0.3) is 0 Å². The molecule has 0 aromatic heterocycles. The lowest BCUT2D eigenvalue weighted by Gasteiger charge is -2.22. The Morgan fingerprint density at radius 1 is 1.07 bits per heavy atom.